The average molecular weight is 422 g/mol. The number of amides is 1. The molecule has 1 aliphatic heterocycles. The van der Waals surface area contributed by atoms with Gasteiger partial charge >= 0.3 is 11.9 Å². The zero-order chi connectivity index (χ0) is 18.4. The van der Waals surface area contributed by atoms with Gasteiger partial charge in [-0.2, -0.15) is 0 Å². The van der Waals surface area contributed by atoms with Crippen LogP contribution >= 0.6 is 15.9 Å². The molecule has 3 aliphatic rings. The molecule has 2 saturated carbocycles. The summed E-state index contributed by atoms with van der Waals surface area (Å²) in [5, 5.41) is 2.78. The fraction of sp³-hybridized carbons (Fsp3) is 0.526. The van der Waals surface area contributed by atoms with Gasteiger partial charge in [0, 0.05) is 16.1 Å². The topological polar surface area (TPSA) is 81.7 Å². The molecule has 1 N–H and O–H groups in total. The van der Waals surface area contributed by atoms with Gasteiger partial charge < -0.3 is 14.8 Å². The molecule has 1 aromatic rings. The minimum atomic E-state index is -0.460. The number of carbonyl (C=O) groups excluding carboxylic acids is 3. The van der Waals surface area contributed by atoms with Gasteiger partial charge in [0.1, 0.15) is 6.10 Å². The summed E-state index contributed by atoms with van der Waals surface area (Å²) >= 11 is 3.41. The molecule has 7 heteroatoms. The van der Waals surface area contributed by atoms with Gasteiger partial charge in [-0.1, -0.05) is 22.9 Å². The Labute approximate surface area is 159 Å². The number of hydrogen-bond acceptors (Lipinski definition) is 5. The van der Waals surface area contributed by atoms with Gasteiger partial charge in [-0.15, -0.1) is 0 Å². The molecule has 5 atom stereocenters. The van der Waals surface area contributed by atoms with Crippen LogP contribution in [0.1, 0.15) is 25.3 Å². The third kappa shape index (κ3) is 2.92. The molecule has 1 amide bonds. The standard InChI is InChI=1S/C19H20BrNO5/c1-2-9-5-11(20)3-4-13(9)21-15(22)8-25-18(23)16-10-6-12-14(7-10)26-19(24)17(12)16/h3-5,10,12,14,16-17H,2,6-8H2,1H3,(H,21,22)/t10-,12+,14+,16-,17-/m1/s1. The summed E-state index contributed by atoms with van der Waals surface area (Å²) in [5.41, 5.74) is 1.70. The summed E-state index contributed by atoms with van der Waals surface area (Å²) < 4.78 is 11.5. The first kappa shape index (κ1) is 17.5. The van der Waals surface area contributed by atoms with E-state index in [0.29, 0.717) is 5.69 Å². The molecule has 0 radical (unpaired) electrons. The number of halogens is 1. The van der Waals surface area contributed by atoms with Crippen molar-refractivity contribution in [2.24, 2.45) is 23.7 Å². The van der Waals surface area contributed by atoms with E-state index < -0.39 is 11.9 Å². The molecule has 0 spiro atoms. The van der Waals surface area contributed by atoms with Gasteiger partial charge in [0.25, 0.3) is 5.91 Å². The first-order valence-corrected chi connectivity index (χ1v) is 9.72. The van der Waals surface area contributed by atoms with Crippen LogP contribution in [0.4, 0.5) is 5.69 Å². The second-order valence-electron chi connectivity index (χ2n) is 7.23. The fourth-order valence-corrected chi connectivity index (χ4v) is 5.13. The van der Waals surface area contributed by atoms with Gasteiger partial charge in [-0.05, 0) is 48.9 Å². The Morgan fingerprint density at radius 1 is 1.35 bits per heavy atom. The summed E-state index contributed by atoms with van der Waals surface area (Å²) in [6, 6.07) is 5.60. The molecule has 26 heavy (non-hydrogen) atoms. The molecule has 3 fully saturated rings. The van der Waals surface area contributed by atoms with Crippen LogP contribution in [-0.2, 0) is 30.3 Å². The van der Waals surface area contributed by atoms with Crippen LogP contribution in [0.2, 0.25) is 0 Å². The minimum absolute atomic E-state index is 0.0188. The maximum Gasteiger partial charge on any atom is 0.310 e. The van der Waals surface area contributed by atoms with Crippen molar-refractivity contribution in [1.29, 1.82) is 0 Å². The summed E-state index contributed by atoms with van der Waals surface area (Å²) in [5.74, 6) is -1.69. The number of aryl methyl sites for hydroxylation is 1. The van der Waals surface area contributed by atoms with Crippen LogP contribution < -0.4 is 5.32 Å². The molecular weight excluding hydrogens is 402 g/mol. The SMILES string of the molecule is CCc1cc(Br)ccc1NC(=O)COC(=O)[C@@H]1[C@@H]2C[C@@H]3[C@H]1C(=O)O[C@H]3C2. The highest BCUT2D eigenvalue weighted by atomic mass is 79.9. The number of fused-ring (bicyclic) bond motifs is 1. The van der Waals surface area contributed by atoms with Crippen LogP contribution in [0.25, 0.3) is 0 Å². The highest BCUT2D eigenvalue weighted by Crippen LogP contribution is 2.57. The van der Waals surface area contributed by atoms with Crippen molar-refractivity contribution in [1.82, 2.24) is 0 Å². The Morgan fingerprint density at radius 3 is 2.92 bits per heavy atom. The second kappa shape index (κ2) is 6.68. The van der Waals surface area contributed by atoms with Gasteiger partial charge in [0.2, 0.25) is 0 Å². The highest BCUT2D eigenvalue weighted by Gasteiger charge is 2.64. The molecule has 1 heterocycles. The Morgan fingerprint density at radius 2 is 2.15 bits per heavy atom. The lowest BCUT2D eigenvalue weighted by Crippen LogP contribution is -2.35. The van der Waals surface area contributed by atoms with Crippen molar-refractivity contribution in [2.75, 3.05) is 11.9 Å². The van der Waals surface area contributed by atoms with E-state index >= 15 is 0 Å². The number of ether oxygens (including phenoxy) is 2. The summed E-state index contributed by atoms with van der Waals surface area (Å²) in [7, 11) is 0. The zero-order valence-electron chi connectivity index (χ0n) is 14.4. The third-order valence-electron chi connectivity index (χ3n) is 5.82. The first-order chi connectivity index (χ1) is 12.5. The van der Waals surface area contributed by atoms with Crippen LogP contribution in [0, 0.1) is 23.7 Å². The normalized spacial score (nSPS) is 31.0. The molecule has 4 rings (SSSR count). The number of nitrogens with one attached hydrogen (secondary N) is 1. The van der Waals surface area contributed by atoms with E-state index in [1.54, 1.807) is 0 Å². The second-order valence-corrected chi connectivity index (χ2v) is 8.15. The molecule has 0 unspecified atom stereocenters. The number of rotatable bonds is 5. The quantitative estimate of drug-likeness (QED) is 0.738. The largest absolute Gasteiger partial charge is 0.462 e. The molecule has 2 bridgehead atoms. The molecule has 0 aromatic heterocycles. The lowest BCUT2D eigenvalue weighted by molar-refractivity contribution is -0.157. The number of benzene rings is 1. The van der Waals surface area contributed by atoms with Crippen molar-refractivity contribution in [3.05, 3.63) is 28.2 Å². The monoisotopic (exact) mass is 421 g/mol. The van der Waals surface area contributed by atoms with Gasteiger partial charge in [0.15, 0.2) is 6.61 Å². The Hall–Kier alpha value is -1.89. The minimum Gasteiger partial charge on any atom is -0.462 e. The number of hydrogen-bond donors (Lipinski definition) is 1. The zero-order valence-corrected chi connectivity index (χ0v) is 16.0. The van der Waals surface area contributed by atoms with Gasteiger partial charge in [-0.3, -0.25) is 14.4 Å². The average Bonchev–Trinajstić information content (AvgIpc) is 3.23. The van der Waals surface area contributed by atoms with E-state index in [1.807, 2.05) is 25.1 Å². The molecular formula is C19H20BrNO5. The van der Waals surface area contributed by atoms with E-state index in [-0.39, 0.29) is 42.3 Å². The smallest absolute Gasteiger partial charge is 0.310 e. The van der Waals surface area contributed by atoms with Crippen molar-refractivity contribution in [3.63, 3.8) is 0 Å². The van der Waals surface area contributed by atoms with Crippen molar-refractivity contribution in [3.8, 4) is 0 Å². The van der Waals surface area contributed by atoms with Crippen LogP contribution in [0.3, 0.4) is 0 Å². The molecule has 6 nitrogen and oxygen atoms in total. The summed E-state index contributed by atoms with van der Waals surface area (Å²) in [6.07, 6.45) is 2.32. The Bertz CT molecular complexity index is 777. The van der Waals surface area contributed by atoms with Crippen molar-refractivity contribution < 1.29 is 23.9 Å². The van der Waals surface area contributed by atoms with E-state index in [1.165, 1.54) is 0 Å². The molecule has 138 valence electrons. The van der Waals surface area contributed by atoms with E-state index in [4.69, 9.17) is 9.47 Å². The maximum atomic E-state index is 12.5. The number of anilines is 1. The third-order valence-corrected chi connectivity index (χ3v) is 6.32. The van der Waals surface area contributed by atoms with Gasteiger partial charge in [0.05, 0.1) is 11.8 Å². The highest BCUT2D eigenvalue weighted by molar-refractivity contribution is 9.10. The molecule has 2 aliphatic carbocycles. The first-order valence-electron chi connectivity index (χ1n) is 8.93. The predicted octanol–water partition coefficient (Wildman–Crippen LogP) is 2.69. The number of carbonyl (C=O) groups is 3. The van der Waals surface area contributed by atoms with E-state index in [2.05, 4.69) is 21.2 Å². The van der Waals surface area contributed by atoms with Gasteiger partial charge in [-0.25, -0.2) is 0 Å². The lowest BCUT2D eigenvalue weighted by atomic mass is 9.80. The lowest BCUT2D eigenvalue weighted by Gasteiger charge is -2.22. The molecule has 1 saturated heterocycles. The Kier molecular flexibility index (Phi) is 4.50. The van der Waals surface area contributed by atoms with Crippen LogP contribution in [0.15, 0.2) is 22.7 Å². The fourth-order valence-electron chi connectivity index (χ4n) is 4.72. The predicted molar refractivity (Wildman–Crippen MR) is 96.2 cm³/mol. The van der Waals surface area contributed by atoms with Crippen molar-refractivity contribution in [2.45, 2.75) is 32.3 Å². The van der Waals surface area contributed by atoms with E-state index in [9.17, 15) is 14.4 Å². The summed E-state index contributed by atoms with van der Waals surface area (Å²) in [4.78, 5) is 36.6. The van der Waals surface area contributed by atoms with E-state index in [0.717, 1.165) is 29.3 Å². The molecule has 1 aromatic carbocycles. The van der Waals surface area contributed by atoms with Crippen LogP contribution in [0.5, 0.6) is 0 Å². The number of esters is 2. The van der Waals surface area contributed by atoms with Crippen LogP contribution in [-0.4, -0.2) is 30.6 Å². The van der Waals surface area contributed by atoms with Crippen molar-refractivity contribution >= 4 is 39.5 Å². The Balaban J connectivity index is 1.35. The summed E-state index contributed by atoms with van der Waals surface area (Å²) in [6.45, 7) is 1.65. The maximum absolute atomic E-state index is 12.5.